The van der Waals surface area contributed by atoms with Gasteiger partial charge >= 0.3 is 7.82 Å². The number of nitriles is 1. The van der Waals surface area contributed by atoms with Crippen molar-refractivity contribution >= 4 is 19.2 Å². The molecule has 2 aromatic heterocycles. The van der Waals surface area contributed by atoms with Gasteiger partial charge in [0.1, 0.15) is 29.5 Å². The Bertz CT molecular complexity index is 1590. The number of anilines is 1. The van der Waals surface area contributed by atoms with Crippen molar-refractivity contribution in [1.82, 2.24) is 14.6 Å². The number of phosphoric acid groups is 1. The fourth-order valence-corrected chi connectivity index (χ4v) is 7.40. The van der Waals surface area contributed by atoms with Crippen LogP contribution in [0, 0.1) is 23.1 Å². The molecule has 1 saturated heterocycles. The maximum atomic E-state index is 14.0. The molecule has 308 valence electrons. The van der Waals surface area contributed by atoms with Gasteiger partial charge < -0.3 is 24.8 Å². The highest BCUT2D eigenvalue weighted by Crippen LogP contribution is 2.45. The summed E-state index contributed by atoms with van der Waals surface area (Å²) in [6.07, 6.45) is 21.2. The maximum Gasteiger partial charge on any atom is 0.472 e. The van der Waals surface area contributed by atoms with E-state index in [4.69, 9.17) is 29.0 Å². The zero-order valence-electron chi connectivity index (χ0n) is 33.3. The monoisotopic (exact) mass is 789 g/mol. The lowest BCUT2D eigenvalue weighted by Gasteiger charge is -2.21. The predicted molar refractivity (Wildman–Crippen MR) is 213 cm³/mol. The molecule has 4 unspecified atom stereocenters. The van der Waals surface area contributed by atoms with E-state index in [9.17, 15) is 19.1 Å². The molecule has 0 amide bonds. The van der Waals surface area contributed by atoms with Crippen molar-refractivity contribution in [3.63, 3.8) is 0 Å². The Morgan fingerprint density at radius 1 is 0.945 bits per heavy atom. The number of unbranched alkanes of at least 4 members (excludes halogenated alkanes) is 14. The van der Waals surface area contributed by atoms with E-state index in [2.05, 4.69) is 17.0 Å². The molecule has 4 atom stereocenters. The molecule has 0 bridgehead atoms. The number of benzene rings is 1. The van der Waals surface area contributed by atoms with E-state index in [-0.39, 0.29) is 43.8 Å². The standard InChI is InChI=1S/C39H59FN5O7P.C2H6/c1-2-3-4-5-6-7-8-9-10-11-12-13-14-15-16-21-48-26-32(27-49-35-23-31(25-41)22-33(40)24-35)28-50-53(46,47)51-29-34-17-20-38(52-34)36-18-19-37-39(42)43-30-44-45(36)37;1-2/h18-19,22-24,30,32,34,38H,2-17,20-21,26-29H2,1H3,(H,46,47)(H2,42,43,44);1-2H3. The minimum Gasteiger partial charge on any atom is -0.493 e. The smallest absolute Gasteiger partial charge is 0.472 e. The summed E-state index contributed by atoms with van der Waals surface area (Å²) < 4.78 is 57.0. The van der Waals surface area contributed by atoms with E-state index in [0.717, 1.165) is 24.6 Å². The highest BCUT2D eigenvalue weighted by molar-refractivity contribution is 7.47. The molecule has 3 aromatic rings. The SMILES string of the molecule is CC.CCCCCCCCCCCCCCCCCOCC(COc1cc(F)cc(C#N)c1)COP(=O)(O)OCC1CCC(c2ccc3c(N)ncnn23)O1. The molecule has 0 radical (unpaired) electrons. The molecular weight excluding hydrogens is 724 g/mol. The first-order valence-corrected chi connectivity index (χ1v) is 22.0. The molecule has 0 aliphatic carbocycles. The number of nitrogens with zero attached hydrogens (tertiary/aromatic N) is 4. The predicted octanol–water partition coefficient (Wildman–Crippen LogP) is 10.3. The minimum atomic E-state index is -4.45. The van der Waals surface area contributed by atoms with Crippen LogP contribution in [0.15, 0.2) is 36.7 Å². The summed E-state index contributed by atoms with van der Waals surface area (Å²) in [5.41, 5.74) is 7.57. The normalized spacial score (nSPS) is 17.0. The average molecular weight is 790 g/mol. The lowest BCUT2D eigenvalue weighted by molar-refractivity contribution is 0.000302. The molecule has 14 heteroatoms. The zero-order valence-corrected chi connectivity index (χ0v) is 34.2. The molecule has 3 heterocycles. The van der Waals surface area contributed by atoms with E-state index in [1.807, 2.05) is 32.0 Å². The van der Waals surface area contributed by atoms with Crippen molar-refractivity contribution < 1.29 is 37.1 Å². The third-order valence-corrected chi connectivity index (χ3v) is 10.5. The Morgan fingerprint density at radius 3 is 2.25 bits per heavy atom. The van der Waals surface area contributed by atoms with Crippen molar-refractivity contribution in [2.75, 3.05) is 38.8 Å². The summed E-state index contributed by atoms with van der Waals surface area (Å²) in [6.45, 7) is 6.68. The Morgan fingerprint density at radius 2 is 1.60 bits per heavy atom. The number of ether oxygens (including phenoxy) is 3. The fraction of sp³-hybridized carbons (Fsp3) is 0.683. The first-order valence-electron chi connectivity index (χ1n) is 20.5. The van der Waals surface area contributed by atoms with Gasteiger partial charge in [-0.05, 0) is 43.5 Å². The summed E-state index contributed by atoms with van der Waals surface area (Å²) in [6, 6.07) is 9.35. The van der Waals surface area contributed by atoms with Crippen LogP contribution in [0.5, 0.6) is 5.75 Å². The quantitative estimate of drug-likeness (QED) is 0.0531. The Labute approximate surface area is 327 Å². The number of rotatable bonds is 28. The third-order valence-electron chi connectivity index (χ3n) is 9.58. The summed E-state index contributed by atoms with van der Waals surface area (Å²) >= 11 is 0. The minimum absolute atomic E-state index is 0.0138. The summed E-state index contributed by atoms with van der Waals surface area (Å²) in [4.78, 5) is 14.5. The molecular formula is C41H65FN5O7P. The van der Waals surface area contributed by atoms with Gasteiger partial charge in [0.2, 0.25) is 0 Å². The van der Waals surface area contributed by atoms with E-state index in [1.165, 1.54) is 102 Å². The van der Waals surface area contributed by atoms with Gasteiger partial charge in [-0.25, -0.2) is 18.5 Å². The maximum absolute atomic E-state index is 14.0. The largest absolute Gasteiger partial charge is 0.493 e. The second-order valence-electron chi connectivity index (χ2n) is 14.1. The molecule has 1 aliphatic rings. The van der Waals surface area contributed by atoms with Crippen LogP contribution in [0.3, 0.4) is 0 Å². The van der Waals surface area contributed by atoms with Crippen molar-refractivity contribution in [3.8, 4) is 11.8 Å². The highest BCUT2D eigenvalue weighted by Gasteiger charge is 2.32. The number of nitrogen functional groups attached to an aromatic ring is 1. The van der Waals surface area contributed by atoms with Crippen LogP contribution in [-0.2, 0) is 23.1 Å². The topological polar surface area (TPSA) is 163 Å². The summed E-state index contributed by atoms with van der Waals surface area (Å²) in [5, 5.41) is 13.5. The first-order chi connectivity index (χ1) is 26.8. The Balaban J connectivity index is 0.00000399. The number of aromatic nitrogens is 3. The average Bonchev–Trinajstić information content (AvgIpc) is 3.85. The van der Waals surface area contributed by atoms with Crippen LogP contribution in [0.4, 0.5) is 10.2 Å². The zero-order chi connectivity index (χ0) is 39.7. The van der Waals surface area contributed by atoms with Crippen LogP contribution in [0.1, 0.15) is 147 Å². The molecule has 1 aromatic carbocycles. The number of halogens is 1. The van der Waals surface area contributed by atoms with Crippen LogP contribution < -0.4 is 10.5 Å². The third kappa shape index (κ3) is 17.7. The van der Waals surface area contributed by atoms with Crippen LogP contribution in [0.2, 0.25) is 0 Å². The van der Waals surface area contributed by atoms with Crippen LogP contribution in [-0.4, -0.2) is 58.6 Å². The molecule has 55 heavy (non-hydrogen) atoms. The molecule has 0 spiro atoms. The molecule has 1 fully saturated rings. The second kappa shape index (κ2) is 26.7. The number of hydrogen-bond donors (Lipinski definition) is 2. The van der Waals surface area contributed by atoms with Gasteiger partial charge in [-0.15, -0.1) is 0 Å². The van der Waals surface area contributed by atoms with Gasteiger partial charge in [0.25, 0.3) is 0 Å². The Hall–Kier alpha value is -3.11. The fourth-order valence-electron chi connectivity index (χ4n) is 6.57. The van der Waals surface area contributed by atoms with Crippen LogP contribution in [0.25, 0.3) is 5.52 Å². The summed E-state index contributed by atoms with van der Waals surface area (Å²) in [5.74, 6) is -0.517. The number of hydrogen-bond acceptors (Lipinski definition) is 10. The molecule has 4 rings (SSSR count). The van der Waals surface area contributed by atoms with Gasteiger partial charge in [0, 0.05) is 18.6 Å². The Kier molecular flexibility index (Phi) is 22.5. The number of phosphoric ester groups is 1. The van der Waals surface area contributed by atoms with Crippen molar-refractivity contribution in [2.45, 2.75) is 142 Å². The molecule has 12 nitrogen and oxygen atoms in total. The van der Waals surface area contributed by atoms with Gasteiger partial charge in [-0.1, -0.05) is 111 Å². The molecule has 1 aliphatic heterocycles. The van der Waals surface area contributed by atoms with E-state index >= 15 is 0 Å². The lowest BCUT2D eigenvalue weighted by atomic mass is 10.0. The first kappa shape index (κ1) is 46.3. The molecule has 0 saturated carbocycles. The lowest BCUT2D eigenvalue weighted by Crippen LogP contribution is -2.24. The van der Waals surface area contributed by atoms with E-state index < -0.39 is 25.7 Å². The number of fused-ring (bicyclic) bond motifs is 1. The summed E-state index contributed by atoms with van der Waals surface area (Å²) in [7, 11) is -4.45. The van der Waals surface area contributed by atoms with Crippen molar-refractivity contribution in [2.24, 2.45) is 5.92 Å². The van der Waals surface area contributed by atoms with E-state index in [1.54, 1.807) is 4.52 Å². The second-order valence-corrected chi connectivity index (χ2v) is 15.5. The van der Waals surface area contributed by atoms with Crippen molar-refractivity contribution in [3.05, 3.63) is 53.7 Å². The van der Waals surface area contributed by atoms with Gasteiger partial charge in [0.05, 0.1) is 49.9 Å². The van der Waals surface area contributed by atoms with Gasteiger partial charge in [-0.2, -0.15) is 10.4 Å². The highest BCUT2D eigenvalue weighted by atomic mass is 31.2. The van der Waals surface area contributed by atoms with E-state index in [0.29, 0.717) is 30.8 Å². The molecule has 3 N–H and O–H groups in total. The number of nitrogens with two attached hydrogens (primary N) is 1. The van der Waals surface area contributed by atoms with Gasteiger partial charge in [0.15, 0.2) is 5.82 Å². The van der Waals surface area contributed by atoms with Crippen LogP contribution >= 0.6 is 7.82 Å². The van der Waals surface area contributed by atoms with Crippen molar-refractivity contribution in [1.29, 1.82) is 5.26 Å². The van der Waals surface area contributed by atoms with Gasteiger partial charge in [-0.3, -0.25) is 9.05 Å².